The van der Waals surface area contributed by atoms with E-state index in [1.54, 1.807) is 0 Å². The first-order valence-electron chi connectivity index (χ1n) is 7.71. The fourth-order valence-corrected chi connectivity index (χ4v) is 2.16. The summed E-state index contributed by atoms with van der Waals surface area (Å²) < 4.78 is 5.36. The highest BCUT2D eigenvalue weighted by Gasteiger charge is 2.09. The summed E-state index contributed by atoms with van der Waals surface area (Å²) >= 11 is 0. The van der Waals surface area contributed by atoms with E-state index in [4.69, 9.17) is 9.84 Å². The summed E-state index contributed by atoms with van der Waals surface area (Å²) in [5.41, 5.74) is 0. The van der Waals surface area contributed by atoms with Crippen molar-refractivity contribution in [2.45, 2.75) is 39.7 Å². The largest absolute Gasteiger partial charge is 0.396 e. The van der Waals surface area contributed by atoms with Gasteiger partial charge in [-0.05, 0) is 25.7 Å². The minimum absolute atomic E-state index is 0.230. The van der Waals surface area contributed by atoms with E-state index in [0.29, 0.717) is 25.0 Å². The van der Waals surface area contributed by atoms with Crippen LogP contribution in [0.4, 0.5) is 11.6 Å². The van der Waals surface area contributed by atoms with Crippen LogP contribution in [-0.2, 0) is 11.3 Å². The maximum atomic E-state index is 9.10. The summed E-state index contributed by atoms with van der Waals surface area (Å²) in [7, 11) is 1.84. The van der Waals surface area contributed by atoms with E-state index in [1.807, 2.05) is 20.0 Å². The van der Waals surface area contributed by atoms with Gasteiger partial charge in [0.1, 0.15) is 18.2 Å². The van der Waals surface area contributed by atoms with Crippen LogP contribution in [0.25, 0.3) is 0 Å². The molecule has 1 atom stereocenters. The number of hydrogen-bond acceptors (Lipinski definition) is 6. The van der Waals surface area contributed by atoms with E-state index in [9.17, 15) is 0 Å². The van der Waals surface area contributed by atoms with Gasteiger partial charge in [-0.3, -0.25) is 0 Å². The monoisotopic (exact) mass is 296 g/mol. The normalized spacial score (nSPS) is 12.2. The van der Waals surface area contributed by atoms with Crippen LogP contribution in [0.1, 0.15) is 38.9 Å². The Morgan fingerprint density at radius 1 is 1.24 bits per heavy atom. The lowest BCUT2D eigenvalue weighted by Crippen LogP contribution is -2.17. The van der Waals surface area contributed by atoms with Crippen molar-refractivity contribution < 1.29 is 9.84 Å². The molecular weight excluding hydrogens is 268 g/mol. The van der Waals surface area contributed by atoms with Gasteiger partial charge in [-0.2, -0.15) is 0 Å². The van der Waals surface area contributed by atoms with E-state index < -0.39 is 0 Å². The fraction of sp³-hybridized carbons (Fsp3) is 0.733. The molecule has 6 nitrogen and oxygen atoms in total. The van der Waals surface area contributed by atoms with Gasteiger partial charge in [0, 0.05) is 32.9 Å². The molecule has 0 fully saturated rings. The number of nitrogens with zero attached hydrogens (tertiary/aromatic N) is 2. The zero-order chi connectivity index (χ0) is 15.5. The molecule has 6 heteroatoms. The third-order valence-electron chi connectivity index (χ3n) is 3.27. The standard InChI is InChI=1S/C15H28N4O2/c1-4-6-12(7-8-20)10-17-14-9-13(16-3)18-15(19-14)11-21-5-2/h9,12,20H,4-8,10-11H2,1-3H3,(H2,16,17,18,19). The fourth-order valence-electron chi connectivity index (χ4n) is 2.16. The SMILES string of the molecule is CCCC(CCO)CNc1cc(NC)nc(COCC)n1. The van der Waals surface area contributed by atoms with Crippen LogP contribution < -0.4 is 10.6 Å². The molecule has 1 aromatic heterocycles. The number of ether oxygens (including phenoxy) is 1. The molecule has 0 aliphatic heterocycles. The number of nitrogens with one attached hydrogen (secondary N) is 2. The average Bonchev–Trinajstić information content (AvgIpc) is 2.50. The second-order valence-corrected chi connectivity index (χ2v) is 4.99. The summed E-state index contributed by atoms with van der Waals surface area (Å²) in [6.45, 7) is 6.20. The molecule has 0 amide bonds. The predicted molar refractivity (Wildman–Crippen MR) is 85.5 cm³/mol. The average molecular weight is 296 g/mol. The molecule has 1 rings (SSSR count). The van der Waals surface area contributed by atoms with Crippen molar-refractivity contribution in [2.75, 3.05) is 37.4 Å². The van der Waals surface area contributed by atoms with Crippen molar-refractivity contribution in [3.63, 3.8) is 0 Å². The Kier molecular flexibility index (Phi) is 8.69. The lowest BCUT2D eigenvalue weighted by Gasteiger charge is -2.16. The Bertz CT molecular complexity index is 395. The molecule has 0 radical (unpaired) electrons. The number of aromatic nitrogens is 2. The zero-order valence-electron chi connectivity index (χ0n) is 13.4. The molecule has 0 saturated heterocycles. The number of hydrogen-bond donors (Lipinski definition) is 3. The first-order chi connectivity index (χ1) is 10.2. The summed E-state index contributed by atoms with van der Waals surface area (Å²) in [6.07, 6.45) is 3.04. The van der Waals surface area contributed by atoms with Crippen molar-refractivity contribution in [1.82, 2.24) is 9.97 Å². The highest BCUT2D eigenvalue weighted by molar-refractivity contribution is 5.47. The van der Waals surface area contributed by atoms with Gasteiger partial charge in [-0.25, -0.2) is 9.97 Å². The van der Waals surface area contributed by atoms with E-state index >= 15 is 0 Å². The van der Waals surface area contributed by atoms with Gasteiger partial charge in [-0.15, -0.1) is 0 Å². The molecule has 3 N–H and O–H groups in total. The van der Waals surface area contributed by atoms with Crippen molar-refractivity contribution >= 4 is 11.6 Å². The van der Waals surface area contributed by atoms with Crippen molar-refractivity contribution in [3.05, 3.63) is 11.9 Å². The Morgan fingerprint density at radius 2 is 2.00 bits per heavy atom. The highest BCUT2D eigenvalue weighted by atomic mass is 16.5. The Morgan fingerprint density at radius 3 is 2.62 bits per heavy atom. The van der Waals surface area contributed by atoms with Crippen LogP contribution in [0.2, 0.25) is 0 Å². The smallest absolute Gasteiger partial charge is 0.158 e. The molecule has 1 heterocycles. The molecule has 0 saturated carbocycles. The van der Waals surface area contributed by atoms with Crippen molar-refractivity contribution in [2.24, 2.45) is 5.92 Å². The summed E-state index contributed by atoms with van der Waals surface area (Å²) in [5, 5.41) is 15.5. The van der Waals surface area contributed by atoms with Crippen LogP contribution in [0.15, 0.2) is 6.07 Å². The molecule has 0 aliphatic carbocycles. The van der Waals surface area contributed by atoms with Gasteiger partial charge in [0.15, 0.2) is 5.82 Å². The summed E-state index contributed by atoms with van der Waals surface area (Å²) in [5.74, 6) is 2.70. The third-order valence-corrected chi connectivity index (χ3v) is 3.27. The Labute approximate surface area is 127 Å². The van der Waals surface area contributed by atoms with Gasteiger partial charge in [0.2, 0.25) is 0 Å². The lowest BCUT2D eigenvalue weighted by atomic mass is 10.0. The molecule has 0 aliphatic rings. The number of anilines is 2. The molecular formula is C15H28N4O2. The maximum Gasteiger partial charge on any atom is 0.158 e. The molecule has 1 aromatic rings. The van der Waals surface area contributed by atoms with Crippen molar-refractivity contribution in [1.29, 1.82) is 0 Å². The summed E-state index contributed by atoms with van der Waals surface area (Å²) in [6, 6.07) is 1.89. The topological polar surface area (TPSA) is 79.3 Å². The predicted octanol–water partition coefficient (Wildman–Crippen LogP) is 2.27. The second-order valence-electron chi connectivity index (χ2n) is 4.99. The summed E-state index contributed by atoms with van der Waals surface area (Å²) in [4.78, 5) is 8.82. The molecule has 0 aromatic carbocycles. The molecule has 1 unspecified atom stereocenters. The van der Waals surface area contributed by atoms with Crippen LogP contribution in [0, 0.1) is 5.92 Å². The van der Waals surface area contributed by atoms with Gasteiger partial charge in [0.25, 0.3) is 0 Å². The lowest BCUT2D eigenvalue weighted by molar-refractivity contribution is 0.128. The Hall–Kier alpha value is -1.40. The molecule has 0 bridgehead atoms. The van der Waals surface area contributed by atoms with Crippen LogP contribution in [-0.4, -0.2) is 41.9 Å². The third kappa shape index (κ3) is 6.73. The zero-order valence-corrected chi connectivity index (χ0v) is 13.4. The number of rotatable bonds is 11. The first kappa shape index (κ1) is 17.7. The Balaban J connectivity index is 2.67. The van der Waals surface area contributed by atoms with Crippen LogP contribution in [0.5, 0.6) is 0 Å². The van der Waals surface area contributed by atoms with E-state index in [2.05, 4.69) is 27.5 Å². The van der Waals surface area contributed by atoms with Gasteiger partial charge < -0.3 is 20.5 Å². The second kappa shape index (κ2) is 10.3. The first-order valence-corrected chi connectivity index (χ1v) is 7.71. The maximum absolute atomic E-state index is 9.10. The highest BCUT2D eigenvalue weighted by Crippen LogP contribution is 2.15. The van der Waals surface area contributed by atoms with E-state index in [-0.39, 0.29) is 6.61 Å². The molecule has 120 valence electrons. The number of aliphatic hydroxyl groups is 1. The minimum atomic E-state index is 0.230. The quantitative estimate of drug-likeness (QED) is 0.581. The van der Waals surface area contributed by atoms with E-state index in [1.165, 1.54) is 0 Å². The molecule has 0 spiro atoms. The van der Waals surface area contributed by atoms with Gasteiger partial charge >= 0.3 is 0 Å². The minimum Gasteiger partial charge on any atom is -0.396 e. The van der Waals surface area contributed by atoms with E-state index in [0.717, 1.165) is 37.4 Å². The van der Waals surface area contributed by atoms with Crippen molar-refractivity contribution in [3.8, 4) is 0 Å². The molecule has 21 heavy (non-hydrogen) atoms. The van der Waals surface area contributed by atoms with Gasteiger partial charge in [-0.1, -0.05) is 13.3 Å². The number of aliphatic hydroxyl groups excluding tert-OH is 1. The van der Waals surface area contributed by atoms with Gasteiger partial charge in [0.05, 0.1) is 0 Å². The van der Waals surface area contributed by atoms with Crippen LogP contribution >= 0.6 is 0 Å². The van der Waals surface area contributed by atoms with Crippen LogP contribution in [0.3, 0.4) is 0 Å².